The highest BCUT2D eigenvalue weighted by molar-refractivity contribution is 6.00. The second-order valence-corrected chi connectivity index (χ2v) is 9.26. The van der Waals surface area contributed by atoms with Gasteiger partial charge in [0.15, 0.2) is 0 Å². The summed E-state index contributed by atoms with van der Waals surface area (Å²) < 4.78 is 53.5. The Morgan fingerprint density at radius 2 is 1.68 bits per heavy atom. The Morgan fingerprint density at radius 3 is 2.24 bits per heavy atom. The molecule has 2 aliphatic rings. The van der Waals surface area contributed by atoms with Crippen molar-refractivity contribution in [3.63, 3.8) is 0 Å². The van der Waals surface area contributed by atoms with Gasteiger partial charge in [-0.2, -0.15) is 13.2 Å². The zero-order valence-electron chi connectivity index (χ0n) is 19.3. The number of benzene rings is 2. The molecule has 11 heteroatoms. The molecule has 1 saturated heterocycles. The maximum atomic E-state index is 13.4. The molecule has 0 unspecified atom stereocenters. The summed E-state index contributed by atoms with van der Waals surface area (Å²) in [4.78, 5) is 30.1. The summed E-state index contributed by atoms with van der Waals surface area (Å²) in [6.45, 7) is 0.773. The molecule has 0 bridgehead atoms. The lowest BCUT2D eigenvalue weighted by Crippen LogP contribution is -2.55. The molecule has 1 amide bonds. The minimum Gasteiger partial charge on any atom is -0.478 e. The summed E-state index contributed by atoms with van der Waals surface area (Å²) in [6, 6.07) is 12.6. The van der Waals surface area contributed by atoms with E-state index in [1.165, 1.54) is 24.3 Å². The van der Waals surface area contributed by atoms with Gasteiger partial charge in [-0.25, -0.2) is 14.2 Å². The Morgan fingerprint density at radius 1 is 1.03 bits per heavy atom. The summed E-state index contributed by atoms with van der Waals surface area (Å²) in [5.41, 5.74) is -0.519. The third-order valence-electron chi connectivity index (χ3n) is 6.62. The van der Waals surface area contributed by atoms with Crippen LogP contribution in [0.5, 0.6) is 0 Å². The van der Waals surface area contributed by atoms with Gasteiger partial charge in [0.2, 0.25) is 0 Å². The Labute approximate surface area is 209 Å². The normalized spacial score (nSPS) is 16.6. The molecule has 0 spiro atoms. The molecule has 0 radical (unpaired) electrons. The molecule has 5 rings (SSSR count). The van der Waals surface area contributed by atoms with Crippen molar-refractivity contribution in [2.24, 2.45) is 0 Å². The number of carbonyl (C=O) groups excluding carboxylic acids is 1. The van der Waals surface area contributed by atoms with Crippen LogP contribution < -0.4 is 15.5 Å². The van der Waals surface area contributed by atoms with Crippen LogP contribution in [0.2, 0.25) is 0 Å². The summed E-state index contributed by atoms with van der Waals surface area (Å²) in [5, 5.41) is 15.2. The number of pyridine rings is 1. The number of amides is 1. The Hall–Kier alpha value is -4.15. The van der Waals surface area contributed by atoms with Crippen molar-refractivity contribution in [1.82, 2.24) is 10.3 Å². The molecule has 37 heavy (non-hydrogen) atoms. The van der Waals surface area contributed by atoms with E-state index in [0.29, 0.717) is 43.4 Å². The lowest BCUT2D eigenvalue weighted by molar-refractivity contribution is -0.137. The fourth-order valence-electron chi connectivity index (χ4n) is 4.38. The van der Waals surface area contributed by atoms with Crippen molar-refractivity contribution in [2.45, 2.75) is 30.6 Å². The van der Waals surface area contributed by atoms with Crippen LogP contribution in [0.15, 0.2) is 60.8 Å². The van der Waals surface area contributed by atoms with E-state index in [0.717, 1.165) is 6.07 Å². The summed E-state index contributed by atoms with van der Waals surface area (Å²) in [7, 11) is 0. The molecule has 1 saturated carbocycles. The van der Waals surface area contributed by atoms with E-state index in [2.05, 4.69) is 15.6 Å². The van der Waals surface area contributed by atoms with E-state index in [-0.39, 0.29) is 28.8 Å². The van der Waals surface area contributed by atoms with Gasteiger partial charge in [0.25, 0.3) is 5.91 Å². The number of halogens is 4. The topological polar surface area (TPSA) is 94.6 Å². The number of aromatic nitrogens is 1. The van der Waals surface area contributed by atoms with Crippen molar-refractivity contribution >= 4 is 23.4 Å². The monoisotopic (exact) mass is 514 g/mol. The van der Waals surface area contributed by atoms with Gasteiger partial charge in [-0.15, -0.1) is 0 Å². The molecule has 2 heterocycles. The fraction of sp³-hybridized carbons (Fsp3) is 0.269. The minimum atomic E-state index is -4.67. The molecular formula is C26H22F4N4O3. The quantitative estimate of drug-likeness (QED) is 0.397. The molecule has 3 aromatic rings. The highest BCUT2D eigenvalue weighted by atomic mass is 19.4. The second kappa shape index (κ2) is 9.06. The molecule has 2 fully saturated rings. The van der Waals surface area contributed by atoms with Crippen LogP contribution in [-0.2, 0) is 11.7 Å². The van der Waals surface area contributed by atoms with E-state index in [9.17, 15) is 27.2 Å². The number of rotatable bonds is 7. The molecule has 1 aliphatic carbocycles. The van der Waals surface area contributed by atoms with Crippen molar-refractivity contribution < 1.29 is 32.3 Å². The summed E-state index contributed by atoms with van der Waals surface area (Å²) in [5.74, 6) is -2.00. The SMILES string of the molecule is O=C(O)c1ccc(C2(NC(=O)c3cc(C(F)(F)F)cnc3N3CC(Nc4ccc(F)cc4)C3)CC2)cc1. The van der Waals surface area contributed by atoms with Crippen molar-refractivity contribution in [2.75, 3.05) is 23.3 Å². The van der Waals surface area contributed by atoms with Gasteiger partial charge in [-0.3, -0.25) is 4.79 Å². The largest absolute Gasteiger partial charge is 0.478 e. The number of anilines is 2. The van der Waals surface area contributed by atoms with Gasteiger partial charge in [0.1, 0.15) is 11.6 Å². The number of aromatic carboxylic acids is 1. The first-order valence-electron chi connectivity index (χ1n) is 11.5. The van der Waals surface area contributed by atoms with E-state index in [4.69, 9.17) is 5.11 Å². The maximum Gasteiger partial charge on any atom is 0.417 e. The van der Waals surface area contributed by atoms with Crippen molar-refractivity contribution in [3.05, 3.63) is 88.9 Å². The minimum absolute atomic E-state index is 0.0620. The predicted octanol–water partition coefficient (Wildman–Crippen LogP) is 4.66. The summed E-state index contributed by atoms with van der Waals surface area (Å²) >= 11 is 0. The van der Waals surface area contributed by atoms with Crippen LogP contribution in [-0.4, -0.2) is 41.1 Å². The lowest BCUT2D eigenvalue weighted by atomic mass is 10.0. The number of nitrogens with one attached hydrogen (secondary N) is 2. The molecule has 1 aromatic heterocycles. The molecular weight excluding hydrogens is 492 g/mol. The number of nitrogens with zero attached hydrogens (tertiary/aromatic N) is 2. The van der Waals surface area contributed by atoms with Gasteiger partial charge < -0.3 is 20.6 Å². The van der Waals surface area contributed by atoms with E-state index < -0.39 is 29.2 Å². The Balaban J connectivity index is 1.35. The van der Waals surface area contributed by atoms with Gasteiger partial charge in [0, 0.05) is 25.0 Å². The first-order valence-corrected chi connectivity index (χ1v) is 11.5. The first-order chi connectivity index (χ1) is 17.5. The van der Waals surface area contributed by atoms with Crippen molar-refractivity contribution in [1.29, 1.82) is 0 Å². The Bertz CT molecular complexity index is 1330. The van der Waals surface area contributed by atoms with Gasteiger partial charge in [-0.05, 0) is 60.9 Å². The molecule has 7 nitrogen and oxygen atoms in total. The molecule has 1 aliphatic heterocycles. The standard InChI is InChI=1S/C26H22F4N4O3/c27-18-5-7-19(8-6-18)32-20-13-34(14-20)22-21(11-17(12-31-22)26(28,29)30)23(35)33-25(9-10-25)16-3-1-15(2-4-16)24(36)37/h1-8,11-12,20,32H,9-10,13-14H2,(H,33,35)(H,36,37). The number of hydrogen-bond donors (Lipinski definition) is 3. The van der Waals surface area contributed by atoms with Crippen LogP contribution in [0.3, 0.4) is 0 Å². The number of carbonyl (C=O) groups is 2. The van der Waals surface area contributed by atoms with E-state index in [1.54, 1.807) is 29.2 Å². The third kappa shape index (κ3) is 5.07. The number of hydrogen-bond acceptors (Lipinski definition) is 5. The first kappa shape index (κ1) is 24.5. The van der Waals surface area contributed by atoms with Gasteiger partial charge in [-0.1, -0.05) is 12.1 Å². The van der Waals surface area contributed by atoms with Crippen LogP contribution >= 0.6 is 0 Å². The molecule has 3 N–H and O–H groups in total. The van der Waals surface area contributed by atoms with Gasteiger partial charge in [0.05, 0.1) is 28.3 Å². The molecule has 192 valence electrons. The average Bonchev–Trinajstić information content (AvgIpc) is 3.62. The fourth-order valence-corrected chi connectivity index (χ4v) is 4.38. The van der Waals surface area contributed by atoms with Gasteiger partial charge >= 0.3 is 12.1 Å². The predicted molar refractivity (Wildman–Crippen MR) is 127 cm³/mol. The third-order valence-corrected chi connectivity index (χ3v) is 6.62. The highest BCUT2D eigenvalue weighted by Gasteiger charge is 2.46. The molecule has 0 atom stereocenters. The smallest absolute Gasteiger partial charge is 0.417 e. The number of alkyl halides is 3. The van der Waals surface area contributed by atoms with Crippen molar-refractivity contribution in [3.8, 4) is 0 Å². The zero-order valence-corrected chi connectivity index (χ0v) is 19.3. The zero-order chi connectivity index (χ0) is 26.4. The van der Waals surface area contributed by atoms with Crippen LogP contribution in [0.4, 0.5) is 29.1 Å². The van der Waals surface area contributed by atoms with Crippen LogP contribution in [0.1, 0.15) is 44.7 Å². The highest BCUT2D eigenvalue weighted by Crippen LogP contribution is 2.46. The van der Waals surface area contributed by atoms with Crippen LogP contribution in [0.25, 0.3) is 0 Å². The summed E-state index contributed by atoms with van der Waals surface area (Å²) in [6.07, 6.45) is -2.82. The number of carboxylic acid groups (broad SMARTS) is 1. The Kier molecular flexibility index (Phi) is 6.01. The maximum absolute atomic E-state index is 13.4. The van der Waals surface area contributed by atoms with E-state index in [1.807, 2.05) is 0 Å². The van der Waals surface area contributed by atoms with E-state index >= 15 is 0 Å². The van der Waals surface area contributed by atoms with Crippen LogP contribution in [0, 0.1) is 5.82 Å². The molecule has 2 aromatic carbocycles. The number of carboxylic acids is 1. The second-order valence-electron chi connectivity index (χ2n) is 9.26. The lowest BCUT2D eigenvalue weighted by Gasteiger charge is -2.41. The average molecular weight is 514 g/mol.